The van der Waals surface area contributed by atoms with Gasteiger partial charge >= 0.3 is 0 Å². The Balaban J connectivity index is 1.46. The molecule has 1 aliphatic carbocycles. The van der Waals surface area contributed by atoms with E-state index in [0.29, 0.717) is 19.3 Å². The van der Waals surface area contributed by atoms with Gasteiger partial charge in [-0.3, -0.25) is 0 Å². The molecule has 0 radical (unpaired) electrons. The Bertz CT molecular complexity index is 607. The van der Waals surface area contributed by atoms with Gasteiger partial charge in [0.2, 0.25) is 0 Å². The summed E-state index contributed by atoms with van der Waals surface area (Å²) in [6.45, 7) is 2.16. The van der Waals surface area contributed by atoms with E-state index in [2.05, 4.69) is 35.0 Å². The van der Waals surface area contributed by atoms with Gasteiger partial charge in [-0.2, -0.15) is 0 Å². The summed E-state index contributed by atoms with van der Waals surface area (Å²) in [4.78, 5) is 1.45. The van der Waals surface area contributed by atoms with Gasteiger partial charge in [-0.1, -0.05) is 12.1 Å². The van der Waals surface area contributed by atoms with Gasteiger partial charge in [0.1, 0.15) is 13.2 Å². The average molecular weight is 301 g/mol. The molecule has 21 heavy (non-hydrogen) atoms. The fourth-order valence-corrected chi connectivity index (χ4v) is 3.72. The SMILES string of the molecule is c1csc(C(NCc2ccc3c(c2)OCCO3)C2CC2)c1. The van der Waals surface area contributed by atoms with Crippen molar-refractivity contribution in [3.8, 4) is 11.5 Å². The Morgan fingerprint density at radius 2 is 2.00 bits per heavy atom. The highest BCUT2D eigenvalue weighted by atomic mass is 32.1. The summed E-state index contributed by atoms with van der Waals surface area (Å²) in [6.07, 6.45) is 2.69. The first-order valence-corrected chi connectivity index (χ1v) is 8.43. The maximum Gasteiger partial charge on any atom is 0.161 e. The molecule has 2 aromatic rings. The molecule has 2 aliphatic rings. The standard InChI is InChI=1S/C17H19NO2S/c1-2-16(21-9-1)17(13-4-5-13)18-11-12-3-6-14-15(10-12)20-8-7-19-14/h1-3,6,9-10,13,17-18H,4-5,7-8,11H2. The monoisotopic (exact) mass is 301 g/mol. The minimum atomic E-state index is 0.498. The zero-order valence-corrected chi connectivity index (χ0v) is 12.7. The normalized spacial score (nSPS) is 18.5. The van der Waals surface area contributed by atoms with E-state index in [1.165, 1.54) is 23.3 Å². The number of hydrogen-bond donors (Lipinski definition) is 1. The van der Waals surface area contributed by atoms with Crippen LogP contribution in [0.15, 0.2) is 35.7 Å². The largest absolute Gasteiger partial charge is 0.486 e. The van der Waals surface area contributed by atoms with Crippen LogP contribution in [0.3, 0.4) is 0 Å². The first kappa shape index (κ1) is 13.2. The second kappa shape index (κ2) is 5.70. The third-order valence-corrected chi connectivity index (χ3v) is 5.03. The Labute approximate surface area is 128 Å². The van der Waals surface area contributed by atoms with Gasteiger partial charge in [-0.05, 0) is 47.9 Å². The lowest BCUT2D eigenvalue weighted by Gasteiger charge is -2.20. The van der Waals surface area contributed by atoms with Gasteiger partial charge in [0.25, 0.3) is 0 Å². The van der Waals surface area contributed by atoms with Crippen LogP contribution >= 0.6 is 11.3 Å². The highest BCUT2D eigenvalue weighted by Crippen LogP contribution is 2.42. The van der Waals surface area contributed by atoms with Gasteiger partial charge in [-0.15, -0.1) is 11.3 Å². The molecule has 0 saturated heterocycles. The minimum absolute atomic E-state index is 0.498. The van der Waals surface area contributed by atoms with Gasteiger partial charge in [0, 0.05) is 17.5 Å². The van der Waals surface area contributed by atoms with Crippen LogP contribution in [0.1, 0.15) is 29.3 Å². The summed E-state index contributed by atoms with van der Waals surface area (Å²) in [6, 6.07) is 11.1. The topological polar surface area (TPSA) is 30.5 Å². The molecule has 110 valence electrons. The van der Waals surface area contributed by atoms with Crippen LogP contribution in [-0.4, -0.2) is 13.2 Å². The number of nitrogens with one attached hydrogen (secondary N) is 1. The molecule has 1 unspecified atom stereocenters. The Morgan fingerprint density at radius 1 is 1.14 bits per heavy atom. The van der Waals surface area contributed by atoms with E-state index in [4.69, 9.17) is 9.47 Å². The van der Waals surface area contributed by atoms with Crippen LogP contribution in [0.4, 0.5) is 0 Å². The van der Waals surface area contributed by atoms with Crippen LogP contribution in [-0.2, 0) is 6.54 Å². The fourth-order valence-electron chi connectivity index (χ4n) is 2.82. The van der Waals surface area contributed by atoms with Crippen molar-refractivity contribution in [1.82, 2.24) is 5.32 Å². The predicted octanol–water partition coefficient (Wildman–Crippen LogP) is 3.76. The molecule has 1 N–H and O–H groups in total. The number of benzene rings is 1. The lowest BCUT2D eigenvalue weighted by atomic mass is 10.1. The molecule has 0 spiro atoms. The van der Waals surface area contributed by atoms with E-state index in [9.17, 15) is 0 Å². The molecule has 1 aliphatic heterocycles. The van der Waals surface area contributed by atoms with Crippen molar-refractivity contribution in [3.63, 3.8) is 0 Å². The summed E-state index contributed by atoms with van der Waals surface area (Å²) >= 11 is 1.85. The summed E-state index contributed by atoms with van der Waals surface area (Å²) in [5.74, 6) is 2.54. The minimum Gasteiger partial charge on any atom is -0.486 e. The van der Waals surface area contributed by atoms with Crippen molar-refractivity contribution >= 4 is 11.3 Å². The summed E-state index contributed by atoms with van der Waals surface area (Å²) in [5.41, 5.74) is 1.25. The first-order valence-electron chi connectivity index (χ1n) is 7.55. The van der Waals surface area contributed by atoms with Gasteiger partial charge in [0.05, 0.1) is 0 Å². The van der Waals surface area contributed by atoms with Crippen LogP contribution in [0.5, 0.6) is 11.5 Å². The smallest absolute Gasteiger partial charge is 0.161 e. The predicted molar refractivity (Wildman–Crippen MR) is 84.1 cm³/mol. The maximum absolute atomic E-state index is 5.65. The van der Waals surface area contributed by atoms with Gasteiger partial charge in [-0.25, -0.2) is 0 Å². The molecule has 1 fully saturated rings. The van der Waals surface area contributed by atoms with Crippen LogP contribution < -0.4 is 14.8 Å². The van der Waals surface area contributed by atoms with Crippen molar-refractivity contribution in [2.45, 2.75) is 25.4 Å². The van der Waals surface area contributed by atoms with E-state index in [1.54, 1.807) is 0 Å². The Hall–Kier alpha value is -1.52. The van der Waals surface area contributed by atoms with Crippen molar-refractivity contribution < 1.29 is 9.47 Å². The average Bonchev–Trinajstić information content (AvgIpc) is 3.22. The lowest BCUT2D eigenvalue weighted by molar-refractivity contribution is 0.171. The van der Waals surface area contributed by atoms with Crippen molar-refractivity contribution in [1.29, 1.82) is 0 Å². The molecule has 4 rings (SSSR count). The Morgan fingerprint density at radius 3 is 2.76 bits per heavy atom. The number of rotatable bonds is 5. The third kappa shape index (κ3) is 2.92. The number of thiophene rings is 1. The zero-order chi connectivity index (χ0) is 14.1. The van der Waals surface area contributed by atoms with Gasteiger partial charge in [0.15, 0.2) is 11.5 Å². The molecular weight excluding hydrogens is 282 g/mol. The fraction of sp³-hybridized carbons (Fsp3) is 0.412. The van der Waals surface area contributed by atoms with E-state index in [0.717, 1.165) is 24.0 Å². The summed E-state index contributed by atoms with van der Waals surface area (Å²) in [5, 5.41) is 5.88. The molecule has 1 aromatic heterocycles. The number of ether oxygens (including phenoxy) is 2. The van der Waals surface area contributed by atoms with Crippen LogP contribution in [0.25, 0.3) is 0 Å². The number of fused-ring (bicyclic) bond motifs is 1. The van der Waals surface area contributed by atoms with Crippen molar-refractivity contribution in [2.75, 3.05) is 13.2 Å². The van der Waals surface area contributed by atoms with E-state index >= 15 is 0 Å². The maximum atomic E-state index is 5.65. The van der Waals surface area contributed by atoms with E-state index < -0.39 is 0 Å². The lowest BCUT2D eigenvalue weighted by Crippen LogP contribution is -2.22. The quantitative estimate of drug-likeness (QED) is 0.912. The number of hydrogen-bond acceptors (Lipinski definition) is 4. The van der Waals surface area contributed by atoms with Crippen molar-refractivity contribution in [2.24, 2.45) is 5.92 Å². The van der Waals surface area contributed by atoms with Gasteiger partial charge < -0.3 is 14.8 Å². The summed E-state index contributed by atoms with van der Waals surface area (Å²) < 4.78 is 11.2. The first-order chi connectivity index (χ1) is 10.4. The Kier molecular flexibility index (Phi) is 3.57. The third-order valence-electron chi connectivity index (χ3n) is 4.08. The second-order valence-electron chi connectivity index (χ2n) is 5.69. The summed E-state index contributed by atoms with van der Waals surface area (Å²) in [7, 11) is 0. The molecule has 0 amide bonds. The van der Waals surface area contributed by atoms with Crippen LogP contribution in [0, 0.1) is 5.92 Å². The molecule has 3 nitrogen and oxygen atoms in total. The van der Waals surface area contributed by atoms with E-state index in [1.807, 2.05) is 17.4 Å². The van der Waals surface area contributed by atoms with Crippen molar-refractivity contribution in [3.05, 3.63) is 46.2 Å². The second-order valence-corrected chi connectivity index (χ2v) is 6.67. The highest BCUT2D eigenvalue weighted by molar-refractivity contribution is 7.10. The molecule has 1 saturated carbocycles. The van der Waals surface area contributed by atoms with E-state index in [-0.39, 0.29) is 0 Å². The molecule has 4 heteroatoms. The molecular formula is C17H19NO2S. The zero-order valence-electron chi connectivity index (χ0n) is 11.9. The molecule has 1 atom stereocenters. The molecule has 0 bridgehead atoms. The molecule has 2 heterocycles. The van der Waals surface area contributed by atoms with Crippen LogP contribution in [0.2, 0.25) is 0 Å². The highest BCUT2D eigenvalue weighted by Gasteiger charge is 2.32. The molecule has 1 aromatic carbocycles.